The second-order valence-electron chi connectivity index (χ2n) is 5.34. The maximum Gasteiger partial charge on any atom is 0.122 e. The van der Waals surface area contributed by atoms with Gasteiger partial charge in [0.05, 0.1) is 7.11 Å². The van der Waals surface area contributed by atoms with Gasteiger partial charge in [-0.3, -0.25) is 0 Å². The third kappa shape index (κ3) is 4.87. The molecule has 108 valence electrons. The topological polar surface area (TPSA) is 21.3 Å². The van der Waals surface area contributed by atoms with Crippen LogP contribution in [0.4, 0.5) is 0 Å². The summed E-state index contributed by atoms with van der Waals surface area (Å²) in [6.07, 6.45) is 4.76. The van der Waals surface area contributed by atoms with Crippen LogP contribution in [0.5, 0.6) is 5.75 Å². The lowest BCUT2D eigenvalue weighted by molar-refractivity contribution is 0.403. The monoisotopic (exact) mass is 263 g/mol. The van der Waals surface area contributed by atoms with E-state index in [0.717, 1.165) is 18.7 Å². The number of benzene rings is 1. The Bertz CT molecular complexity index is 381. The summed E-state index contributed by atoms with van der Waals surface area (Å²) >= 11 is 0. The predicted molar refractivity (Wildman–Crippen MR) is 83.2 cm³/mol. The molecule has 1 rings (SSSR count). The highest BCUT2D eigenvalue weighted by Crippen LogP contribution is 2.26. The molecule has 1 aromatic carbocycles. The lowest BCUT2D eigenvalue weighted by atomic mass is 9.96. The number of hydrogen-bond donors (Lipinski definition) is 1. The SMILES string of the molecule is CCCC(CCc1c(C)cc(C)cc1OC)NCC. The van der Waals surface area contributed by atoms with Gasteiger partial charge in [0.25, 0.3) is 0 Å². The fraction of sp³-hybridized carbons (Fsp3) is 0.647. The summed E-state index contributed by atoms with van der Waals surface area (Å²) in [6, 6.07) is 5.02. The van der Waals surface area contributed by atoms with Crippen LogP contribution in [0.2, 0.25) is 0 Å². The molecule has 1 unspecified atom stereocenters. The highest BCUT2D eigenvalue weighted by atomic mass is 16.5. The van der Waals surface area contributed by atoms with Crippen molar-refractivity contribution in [1.29, 1.82) is 0 Å². The molecule has 0 spiro atoms. The molecule has 0 saturated carbocycles. The Kier molecular flexibility index (Phi) is 6.93. The average Bonchev–Trinajstić information content (AvgIpc) is 2.37. The Morgan fingerprint density at radius 2 is 1.89 bits per heavy atom. The molecule has 1 atom stereocenters. The minimum atomic E-state index is 0.625. The van der Waals surface area contributed by atoms with E-state index in [9.17, 15) is 0 Å². The lowest BCUT2D eigenvalue weighted by Gasteiger charge is -2.19. The molecule has 0 fully saturated rings. The van der Waals surface area contributed by atoms with Crippen LogP contribution in [0.1, 0.15) is 49.8 Å². The lowest BCUT2D eigenvalue weighted by Crippen LogP contribution is -2.29. The Labute approximate surface area is 118 Å². The maximum absolute atomic E-state index is 5.54. The van der Waals surface area contributed by atoms with E-state index in [0.29, 0.717) is 6.04 Å². The third-order valence-electron chi connectivity index (χ3n) is 3.67. The van der Waals surface area contributed by atoms with Crippen LogP contribution in [0.15, 0.2) is 12.1 Å². The number of aryl methyl sites for hydroxylation is 2. The zero-order valence-corrected chi connectivity index (χ0v) is 13.2. The van der Waals surface area contributed by atoms with E-state index in [4.69, 9.17) is 4.74 Å². The van der Waals surface area contributed by atoms with Crippen molar-refractivity contribution >= 4 is 0 Å². The largest absolute Gasteiger partial charge is 0.496 e. The maximum atomic E-state index is 5.54. The van der Waals surface area contributed by atoms with Crippen molar-refractivity contribution in [2.45, 2.75) is 59.4 Å². The third-order valence-corrected chi connectivity index (χ3v) is 3.67. The van der Waals surface area contributed by atoms with E-state index >= 15 is 0 Å². The van der Waals surface area contributed by atoms with Gasteiger partial charge in [-0.25, -0.2) is 0 Å². The van der Waals surface area contributed by atoms with Gasteiger partial charge in [-0.2, -0.15) is 0 Å². The van der Waals surface area contributed by atoms with Gasteiger partial charge in [-0.1, -0.05) is 26.3 Å². The standard InChI is InChI=1S/C17H29NO/c1-6-8-15(18-7-2)9-10-16-14(4)11-13(3)12-17(16)19-5/h11-12,15,18H,6-10H2,1-5H3. The van der Waals surface area contributed by atoms with Crippen LogP contribution in [-0.4, -0.2) is 19.7 Å². The van der Waals surface area contributed by atoms with Crippen LogP contribution in [0, 0.1) is 13.8 Å². The van der Waals surface area contributed by atoms with Crippen LogP contribution < -0.4 is 10.1 Å². The van der Waals surface area contributed by atoms with Gasteiger partial charge < -0.3 is 10.1 Å². The highest BCUT2D eigenvalue weighted by Gasteiger charge is 2.11. The Hall–Kier alpha value is -1.02. The second kappa shape index (κ2) is 8.21. The molecular weight excluding hydrogens is 234 g/mol. The molecule has 19 heavy (non-hydrogen) atoms. The van der Waals surface area contributed by atoms with E-state index in [1.165, 1.54) is 36.0 Å². The van der Waals surface area contributed by atoms with Crippen LogP contribution >= 0.6 is 0 Å². The Balaban J connectivity index is 2.75. The zero-order valence-electron chi connectivity index (χ0n) is 13.2. The van der Waals surface area contributed by atoms with E-state index in [1.54, 1.807) is 7.11 Å². The van der Waals surface area contributed by atoms with Crippen molar-refractivity contribution in [1.82, 2.24) is 5.32 Å². The molecule has 0 heterocycles. The minimum absolute atomic E-state index is 0.625. The molecule has 0 saturated heterocycles. The van der Waals surface area contributed by atoms with E-state index in [1.807, 2.05) is 0 Å². The van der Waals surface area contributed by atoms with Crippen molar-refractivity contribution in [3.63, 3.8) is 0 Å². The molecule has 2 nitrogen and oxygen atoms in total. The van der Waals surface area contributed by atoms with Gasteiger partial charge >= 0.3 is 0 Å². The fourth-order valence-corrected chi connectivity index (χ4v) is 2.77. The second-order valence-corrected chi connectivity index (χ2v) is 5.34. The van der Waals surface area contributed by atoms with E-state index in [2.05, 4.69) is 45.1 Å². The first-order valence-electron chi connectivity index (χ1n) is 7.49. The number of methoxy groups -OCH3 is 1. The van der Waals surface area contributed by atoms with Crippen LogP contribution in [0.3, 0.4) is 0 Å². The normalized spacial score (nSPS) is 12.5. The molecule has 1 aromatic rings. The summed E-state index contributed by atoms with van der Waals surface area (Å²) in [4.78, 5) is 0. The summed E-state index contributed by atoms with van der Waals surface area (Å²) in [5.74, 6) is 1.05. The summed E-state index contributed by atoms with van der Waals surface area (Å²) in [5, 5.41) is 3.58. The minimum Gasteiger partial charge on any atom is -0.496 e. The van der Waals surface area contributed by atoms with Gasteiger partial charge in [0.1, 0.15) is 5.75 Å². The highest BCUT2D eigenvalue weighted by molar-refractivity contribution is 5.43. The Morgan fingerprint density at radius 3 is 2.47 bits per heavy atom. The van der Waals surface area contributed by atoms with E-state index in [-0.39, 0.29) is 0 Å². The molecule has 0 radical (unpaired) electrons. The van der Waals surface area contributed by atoms with Crippen molar-refractivity contribution in [3.8, 4) is 5.75 Å². The van der Waals surface area contributed by atoms with Gasteiger partial charge in [0.2, 0.25) is 0 Å². The molecule has 0 aliphatic heterocycles. The first-order chi connectivity index (χ1) is 9.12. The quantitative estimate of drug-likeness (QED) is 0.765. The van der Waals surface area contributed by atoms with Crippen LogP contribution in [0.25, 0.3) is 0 Å². The molecule has 0 bridgehead atoms. The predicted octanol–water partition coefficient (Wildman–Crippen LogP) is 4.02. The van der Waals surface area contributed by atoms with Crippen LogP contribution in [-0.2, 0) is 6.42 Å². The van der Waals surface area contributed by atoms with Crippen molar-refractivity contribution in [3.05, 3.63) is 28.8 Å². The van der Waals surface area contributed by atoms with Crippen molar-refractivity contribution in [2.75, 3.05) is 13.7 Å². The molecule has 0 amide bonds. The molecule has 1 N–H and O–H groups in total. The number of ether oxygens (including phenoxy) is 1. The summed E-state index contributed by atoms with van der Waals surface area (Å²) in [7, 11) is 1.77. The Morgan fingerprint density at radius 1 is 1.16 bits per heavy atom. The van der Waals surface area contributed by atoms with Gasteiger partial charge in [-0.05, 0) is 62.4 Å². The average molecular weight is 263 g/mol. The first kappa shape index (κ1) is 16.0. The van der Waals surface area contributed by atoms with Crippen molar-refractivity contribution < 1.29 is 4.74 Å². The molecule has 0 aliphatic rings. The van der Waals surface area contributed by atoms with Crippen molar-refractivity contribution in [2.24, 2.45) is 0 Å². The summed E-state index contributed by atoms with van der Waals surface area (Å²) in [5.41, 5.74) is 3.99. The van der Waals surface area contributed by atoms with Gasteiger partial charge in [0.15, 0.2) is 0 Å². The summed E-state index contributed by atoms with van der Waals surface area (Å²) < 4.78 is 5.54. The summed E-state index contributed by atoms with van der Waals surface area (Å²) in [6.45, 7) is 9.79. The number of rotatable bonds is 8. The number of hydrogen-bond acceptors (Lipinski definition) is 2. The van der Waals surface area contributed by atoms with E-state index < -0.39 is 0 Å². The van der Waals surface area contributed by atoms with Gasteiger partial charge in [-0.15, -0.1) is 0 Å². The number of nitrogens with one attached hydrogen (secondary N) is 1. The molecule has 2 heteroatoms. The zero-order chi connectivity index (χ0) is 14.3. The fourth-order valence-electron chi connectivity index (χ4n) is 2.77. The molecular formula is C17H29NO. The smallest absolute Gasteiger partial charge is 0.122 e. The molecule has 0 aliphatic carbocycles. The molecule has 0 aromatic heterocycles. The first-order valence-corrected chi connectivity index (χ1v) is 7.49. The van der Waals surface area contributed by atoms with Gasteiger partial charge in [0, 0.05) is 6.04 Å².